The molecule has 0 fully saturated rings. The van der Waals surface area contributed by atoms with Gasteiger partial charge >= 0.3 is 5.97 Å². The predicted molar refractivity (Wildman–Crippen MR) is 48.3 cm³/mol. The molecule has 0 aromatic carbocycles. The van der Waals surface area contributed by atoms with Crippen LogP contribution in [0.25, 0.3) is 0 Å². The molecule has 0 amide bonds. The fourth-order valence-electron chi connectivity index (χ4n) is 0.986. The summed E-state index contributed by atoms with van der Waals surface area (Å²) in [5.74, 6) is -0.513. The smallest absolute Gasteiger partial charge is 0.360 e. The molecule has 0 atom stereocenters. The molecule has 2 N–H and O–H groups in total. The summed E-state index contributed by atoms with van der Waals surface area (Å²) < 4.78 is 6.06. The van der Waals surface area contributed by atoms with E-state index >= 15 is 0 Å². The van der Waals surface area contributed by atoms with Gasteiger partial charge in [0.15, 0.2) is 11.4 Å². The summed E-state index contributed by atoms with van der Waals surface area (Å²) in [5.41, 5.74) is 5.52. The van der Waals surface area contributed by atoms with E-state index in [4.69, 9.17) is 15.7 Å². The molecule has 0 spiro atoms. The van der Waals surface area contributed by atoms with Crippen molar-refractivity contribution in [1.82, 2.24) is 9.55 Å². The molecule has 6 heteroatoms. The van der Waals surface area contributed by atoms with E-state index in [2.05, 4.69) is 4.98 Å². The summed E-state index contributed by atoms with van der Waals surface area (Å²) in [6.07, 6.45) is 0. The molecule has 0 aliphatic rings. The first-order valence-electron chi connectivity index (χ1n) is 4.01. The number of hydrogen-bond acceptors (Lipinski definition) is 5. The van der Waals surface area contributed by atoms with Gasteiger partial charge in [-0.2, -0.15) is 5.26 Å². The van der Waals surface area contributed by atoms with Gasteiger partial charge in [-0.05, 0) is 6.92 Å². The van der Waals surface area contributed by atoms with Crippen LogP contribution in [-0.4, -0.2) is 22.1 Å². The minimum absolute atomic E-state index is 0.0330. The Bertz CT molecular complexity index is 402. The van der Waals surface area contributed by atoms with Crippen molar-refractivity contribution >= 4 is 11.9 Å². The van der Waals surface area contributed by atoms with Crippen LogP contribution in [-0.2, 0) is 11.8 Å². The number of imidazole rings is 1. The Morgan fingerprint density at radius 2 is 2.43 bits per heavy atom. The van der Waals surface area contributed by atoms with Gasteiger partial charge in [0.1, 0.15) is 6.07 Å². The average Bonchev–Trinajstić information content (AvgIpc) is 2.44. The Hall–Kier alpha value is -2.03. The number of aromatic nitrogens is 2. The van der Waals surface area contributed by atoms with Gasteiger partial charge in [0.25, 0.3) is 0 Å². The monoisotopic (exact) mass is 194 g/mol. The van der Waals surface area contributed by atoms with Crippen LogP contribution in [0.1, 0.15) is 23.1 Å². The van der Waals surface area contributed by atoms with E-state index in [0.29, 0.717) is 0 Å². The van der Waals surface area contributed by atoms with Crippen LogP contribution >= 0.6 is 0 Å². The Labute approximate surface area is 80.9 Å². The lowest BCUT2D eigenvalue weighted by atomic mass is 10.3. The molecule has 0 saturated heterocycles. The van der Waals surface area contributed by atoms with E-state index in [1.807, 2.05) is 6.07 Å². The quantitative estimate of drug-likeness (QED) is 0.671. The summed E-state index contributed by atoms with van der Waals surface area (Å²) >= 11 is 0. The van der Waals surface area contributed by atoms with Gasteiger partial charge in [-0.15, -0.1) is 0 Å². The summed E-state index contributed by atoms with van der Waals surface area (Å²) in [5, 5.41) is 8.76. The number of esters is 1. The lowest BCUT2D eigenvalue weighted by Crippen LogP contribution is -2.07. The van der Waals surface area contributed by atoms with Crippen LogP contribution < -0.4 is 5.73 Å². The van der Waals surface area contributed by atoms with Crippen LogP contribution in [0, 0.1) is 11.3 Å². The lowest BCUT2D eigenvalue weighted by Gasteiger charge is -1.97. The van der Waals surface area contributed by atoms with Crippen molar-refractivity contribution in [2.24, 2.45) is 7.05 Å². The number of anilines is 1. The third-order valence-corrected chi connectivity index (χ3v) is 1.70. The third-order valence-electron chi connectivity index (χ3n) is 1.70. The highest BCUT2D eigenvalue weighted by molar-refractivity contribution is 5.90. The molecule has 0 bridgehead atoms. The van der Waals surface area contributed by atoms with E-state index in [1.54, 1.807) is 14.0 Å². The van der Waals surface area contributed by atoms with E-state index in [9.17, 15) is 4.79 Å². The number of nitrogens with two attached hydrogens (primary N) is 1. The van der Waals surface area contributed by atoms with E-state index in [-0.39, 0.29) is 23.9 Å². The number of nitriles is 1. The topological polar surface area (TPSA) is 93.9 Å². The molecule has 0 unspecified atom stereocenters. The predicted octanol–water partition coefficient (Wildman–Crippen LogP) is 0.0507. The zero-order valence-corrected chi connectivity index (χ0v) is 7.94. The molecule has 14 heavy (non-hydrogen) atoms. The van der Waals surface area contributed by atoms with Crippen LogP contribution in [0.3, 0.4) is 0 Å². The molecular formula is C8H10N4O2. The maximum Gasteiger partial charge on any atom is 0.360 e. The molecule has 0 aliphatic heterocycles. The zero-order valence-electron chi connectivity index (χ0n) is 7.94. The highest BCUT2D eigenvalue weighted by atomic mass is 16.5. The molecule has 1 aromatic rings. The maximum absolute atomic E-state index is 11.3. The molecule has 0 radical (unpaired) electrons. The molecule has 1 rings (SSSR count). The van der Waals surface area contributed by atoms with Crippen molar-refractivity contribution in [2.75, 3.05) is 12.3 Å². The minimum Gasteiger partial charge on any atom is -0.461 e. The second kappa shape index (κ2) is 3.79. The average molecular weight is 194 g/mol. The first-order chi connectivity index (χ1) is 6.61. The van der Waals surface area contributed by atoms with Gasteiger partial charge in [-0.1, -0.05) is 0 Å². The Balaban J connectivity index is 3.16. The van der Waals surface area contributed by atoms with Gasteiger partial charge in [-0.3, -0.25) is 0 Å². The van der Waals surface area contributed by atoms with Gasteiger partial charge in [-0.25, -0.2) is 9.78 Å². The number of rotatable bonds is 2. The number of carbonyl (C=O) groups is 1. The molecule has 0 aliphatic carbocycles. The van der Waals surface area contributed by atoms with Crippen molar-refractivity contribution in [3.8, 4) is 6.07 Å². The molecule has 1 aromatic heterocycles. The number of nitrogens with zero attached hydrogens (tertiary/aromatic N) is 3. The number of carbonyl (C=O) groups excluding carboxylic acids is 1. The Morgan fingerprint density at radius 3 is 2.93 bits per heavy atom. The zero-order chi connectivity index (χ0) is 10.7. The fraction of sp³-hybridized carbons (Fsp3) is 0.375. The van der Waals surface area contributed by atoms with E-state index < -0.39 is 5.97 Å². The first kappa shape index (κ1) is 10.1. The second-order valence-corrected chi connectivity index (χ2v) is 2.56. The van der Waals surface area contributed by atoms with Gasteiger partial charge in [0.2, 0.25) is 5.95 Å². The Kier molecular flexibility index (Phi) is 2.72. The SMILES string of the molecule is CCOC(=O)c1nc(N)n(C)c1C#N. The normalized spacial score (nSPS) is 9.50. The highest BCUT2D eigenvalue weighted by Gasteiger charge is 2.20. The third kappa shape index (κ3) is 1.52. The lowest BCUT2D eigenvalue weighted by molar-refractivity contribution is 0.0519. The van der Waals surface area contributed by atoms with Crippen molar-refractivity contribution < 1.29 is 9.53 Å². The molecule has 1 heterocycles. The van der Waals surface area contributed by atoms with Crippen LogP contribution in [0.5, 0.6) is 0 Å². The Morgan fingerprint density at radius 1 is 1.79 bits per heavy atom. The largest absolute Gasteiger partial charge is 0.461 e. The number of nitrogen functional groups attached to an aromatic ring is 1. The summed E-state index contributed by atoms with van der Waals surface area (Å²) in [6, 6.07) is 1.84. The van der Waals surface area contributed by atoms with E-state index in [0.717, 1.165) is 0 Å². The minimum atomic E-state index is -0.628. The van der Waals surface area contributed by atoms with Crippen molar-refractivity contribution in [3.05, 3.63) is 11.4 Å². The van der Waals surface area contributed by atoms with Crippen molar-refractivity contribution in [2.45, 2.75) is 6.92 Å². The number of ether oxygens (including phenoxy) is 1. The van der Waals surface area contributed by atoms with E-state index in [1.165, 1.54) is 4.57 Å². The van der Waals surface area contributed by atoms with Gasteiger partial charge in [0.05, 0.1) is 6.61 Å². The first-order valence-corrected chi connectivity index (χ1v) is 4.01. The van der Waals surface area contributed by atoms with Crippen molar-refractivity contribution in [3.63, 3.8) is 0 Å². The fourth-order valence-corrected chi connectivity index (χ4v) is 0.986. The number of hydrogen-bond donors (Lipinski definition) is 1. The molecular weight excluding hydrogens is 184 g/mol. The summed E-state index contributed by atoms with van der Waals surface area (Å²) in [7, 11) is 1.56. The highest BCUT2D eigenvalue weighted by Crippen LogP contribution is 2.11. The van der Waals surface area contributed by atoms with Gasteiger partial charge < -0.3 is 15.0 Å². The van der Waals surface area contributed by atoms with Crippen LogP contribution in [0.4, 0.5) is 5.95 Å². The molecule has 0 saturated carbocycles. The second-order valence-electron chi connectivity index (χ2n) is 2.56. The van der Waals surface area contributed by atoms with Crippen molar-refractivity contribution in [1.29, 1.82) is 5.26 Å². The summed E-state index contributed by atoms with van der Waals surface area (Å²) in [4.78, 5) is 15.0. The van der Waals surface area contributed by atoms with Crippen LogP contribution in [0.15, 0.2) is 0 Å². The standard InChI is InChI=1S/C8H10N4O2/c1-3-14-7(13)6-5(4-9)12(2)8(10)11-6/h3H2,1-2H3,(H2,10,11). The molecule has 6 nitrogen and oxygen atoms in total. The van der Waals surface area contributed by atoms with Gasteiger partial charge in [0, 0.05) is 7.05 Å². The summed E-state index contributed by atoms with van der Waals surface area (Å²) in [6.45, 7) is 1.91. The van der Waals surface area contributed by atoms with Crippen LogP contribution in [0.2, 0.25) is 0 Å². The molecule has 74 valence electrons. The maximum atomic E-state index is 11.3.